The average molecular weight is 812 g/mol. The number of carbonyl (C=O) groups is 6. The van der Waals surface area contributed by atoms with Crippen molar-refractivity contribution in [1.29, 1.82) is 0 Å². The lowest BCUT2D eigenvalue weighted by molar-refractivity contribution is -0.178. The molecule has 0 spiro atoms. The minimum Gasteiger partial charge on any atom is -0.465 e. The van der Waals surface area contributed by atoms with E-state index in [1.54, 1.807) is 24.3 Å². The molecule has 6 aliphatic rings. The number of imide groups is 2. The molecular weight excluding hydrogens is 763 g/mol. The van der Waals surface area contributed by atoms with Crippen LogP contribution >= 0.6 is 0 Å². The maximum atomic E-state index is 15.1. The normalized spacial score (nSPS) is 28.7. The Labute approximate surface area is 340 Å². The number of rotatable bonds is 13. The molecule has 3 aromatic rings. The van der Waals surface area contributed by atoms with E-state index >= 15 is 9.59 Å². The zero-order valence-corrected chi connectivity index (χ0v) is 32.9. The third kappa shape index (κ3) is 6.48. The summed E-state index contributed by atoms with van der Waals surface area (Å²) < 4.78 is 12.7. The van der Waals surface area contributed by atoms with Gasteiger partial charge in [-0.05, 0) is 60.1 Å². The largest absolute Gasteiger partial charge is 0.465 e. The van der Waals surface area contributed by atoms with Gasteiger partial charge in [0.05, 0.1) is 25.2 Å². The minimum atomic E-state index is -1.98. The summed E-state index contributed by atoms with van der Waals surface area (Å²) in [5.41, 5.74) is 7.39. The van der Waals surface area contributed by atoms with Crippen molar-refractivity contribution < 1.29 is 48.5 Å². The molecule has 9 rings (SSSR count). The van der Waals surface area contributed by atoms with E-state index < -0.39 is 83.3 Å². The number of carboxylic acid groups (broad SMARTS) is 2. The number of nitrogens with one attached hydrogen (secondary N) is 2. The van der Waals surface area contributed by atoms with E-state index in [1.165, 1.54) is 14.2 Å². The van der Waals surface area contributed by atoms with Gasteiger partial charge in [0.2, 0.25) is 11.8 Å². The van der Waals surface area contributed by atoms with Crippen molar-refractivity contribution in [1.82, 2.24) is 20.4 Å². The van der Waals surface area contributed by atoms with Crippen LogP contribution in [0.4, 0.5) is 15.3 Å². The number of fused-ring (bicyclic) bond motifs is 8. The van der Waals surface area contributed by atoms with Gasteiger partial charge in [0, 0.05) is 45.8 Å². The fourth-order valence-electron chi connectivity index (χ4n) is 10.9. The average Bonchev–Trinajstić information content (AvgIpc) is 3.75. The van der Waals surface area contributed by atoms with Crippen LogP contribution in [-0.2, 0) is 52.6 Å². The number of likely N-dealkylation sites (tertiary alicyclic amines) is 2. The second-order valence-corrected chi connectivity index (χ2v) is 15.7. The van der Waals surface area contributed by atoms with Crippen LogP contribution in [0.25, 0.3) is 0 Å². The molecule has 2 saturated heterocycles. The fraction of sp³-hybridized carbons (Fsp3) is 0.429. The summed E-state index contributed by atoms with van der Waals surface area (Å²) in [4.78, 5) is 87.0. The number of benzene rings is 3. The van der Waals surface area contributed by atoms with E-state index in [4.69, 9.17) is 20.9 Å². The summed E-state index contributed by atoms with van der Waals surface area (Å²) in [7, 11) is 2.75. The second-order valence-electron chi connectivity index (χ2n) is 15.7. The first-order valence-electron chi connectivity index (χ1n) is 19.5. The molecule has 59 heavy (non-hydrogen) atoms. The van der Waals surface area contributed by atoms with Gasteiger partial charge in [-0.3, -0.25) is 39.6 Å². The highest BCUT2D eigenvalue weighted by atomic mass is 16.5. The first-order valence-corrected chi connectivity index (χ1v) is 19.5. The van der Waals surface area contributed by atoms with E-state index in [-0.39, 0.29) is 25.9 Å². The molecule has 2 fully saturated rings. The van der Waals surface area contributed by atoms with E-state index in [0.717, 1.165) is 11.1 Å². The Balaban J connectivity index is 1.50. The number of methoxy groups -OCH3 is 2. The lowest BCUT2D eigenvalue weighted by Gasteiger charge is -2.58. The van der Waals surface area contributed by atoms with Gasteiger partial charge in [-0.15, -0.1) is 0 Å². The van der Waals surface area contributed by atoms with E-state index in [0.29, 0.717) is 42.5 Å². The number of hydrogen-bond donors (Lipinski definition) is 6. The Morgan fingerprint density at radius 2 is 1.05 bits per heavy atom. The van der Waals surface area contributed by atoms with Gasteiger partial charge in [-0.2, -0.15) is 0 Å². The first-order chi connectivity index (χ1) is 28.2. The monoisotopic (exact) mass is 811 g/mol. The van der Waals surface area contributed by atoms with Gasteiger partial charge in [0.25, 0.3) is 11.8 Å². The van der Waals surface area contributed by atoms with Gasteiger partial charge in [-0.1, -0.05) is 66.7 Å². The first kappa shape index (κ1) is 41.3. The van der Waals surface area contributed by atoms with E-state index in [1.807, 2.05) is 64.4 Å². The predicted octanol–water partition coefficient (Wildman–Crippen LogP) is 2.35. The van der Waals surface area contributed by atoms with Crippen LogP contribution in [0, 0.1) is 0 Å². The number of anilines is 1. The summed E-state index contributed by atoms with van der Waals surface area (Å²) in [5, 5.41) is 24.4. The SMILES string of the molecule is CO[C@@]1(CC(N)=O)Cc2ccc(cc2)[C@]1(C(=O)NC(=O)O)N1CCCC1N(c1ccccc1)C1CCCN1[C@@]1(C(=O)NC(=O)O)c2ccc(cc2)C[C@]1(CC(N)=O)OC. The zero-order valence-electron chi connectivity index (χ0n) is 32.9. The molecule has 6 atom stereocenters. The van der Waals surface area contributed by atoms with Crippen LogP contribution < -0.4 is 27.0 Å². The summed E-state index contributed by atoms with van der Waals surface area (Å²) in [5.74, 6) is -3.42. The maximum Gasteiger partial charge on any atom is 0.411 e. The van der Waals surface area contributed by atoms with Gasteiger partial charge in [-0.25, -0.2) is 9.59 Å². The maximum absolute atomic E-state index is 15.1. The predicted molar refractivity (Wildman–Crippen MR) is 211 cm³/mol. The highest BCUT2D eigenvalue weighted by molar-refractivity contribution is 6.00. The molecule has 2 aliphatic heterocycles. The molecule has 0 aromatic heterocycles. The molecule has 17 heteroatoms. The molecule has 8 N–H and O–H groups in total. The molecular formula is C42H49N7O10. The van der Waals surface area contributed by atoms with Crippen molar-refractivity contribution in [2.24, 2.45) is 11.5 Å². The topological polar surface area (TPSA) is 247 Å². The van der Waals surface area contributed by atoms with E-state index in [9.17, 15) is 29.4 Å². The van der Waals surface area contributed by atoms with Crippen LogP contribution in [0.2, 0.25) is 0 Å². The number of ether oxygens (including phenoxy) is 2. The molecule has 4 aliphatic carbocycles. The number of amides is 6. The van der Waals surface area contributed by atoms with Crippen LogP contribution in [0.5, 0.6) is 0 Å². The van der Waals surface area contributed by atoms with Crippen molar-refractivity contribution >= 4 is 41.5 Å². The summed E-state index contributed by atoms with van der Waals surface area (Å²) in [6, 6.07) is 23.5. The zero-order chi connectivity index (χ0) is 42.3. The summed E-state index contributed by atoms with van der Waals surface area (Å²) in [6.45, 7) is 0.460. The number of para-hydroxylation sites is 1. The lowest BCUT2D eigenvalue weighted by Crippen LogP contribution is -2.75. The highest BCUT2D eigenvalue weighted by Crippen LogP contribution is 2.54. The Morgan fingerprint density at radius 3 is 1.39 bits per heavy atom. The number of nitrogens with zero attached hydrogens (tertiary/aromatic N) is 3. The number of nitrogens with two attached hydrogens (primary N) is 2. The van der Waals surface area contributed by atoms with Gasteiger partial charge in [0.15, 0.2) is 11.1 Å². The molecule has 312 valence electrons. The Bertz CT molecular complexity index is 2010. The summed E-state index contributed by atoms with van der Waals surface area (Å²) >= 11 is 0. The van der Waals surface area contributed by atoms with Crippen molar-refractivity contribution in [2.75, 3.05) is 32.2 Å². The van der Waals surface area contributed by atoms with Crippen LogP contribution in [0.1, 0.15) is 60.8 Å². The van der Waals surface area contributed by atoms with Gasteiger partial charge >= 0.3 is 12.2 Å². The number of carbonyl (C=O) groups excluding carboxylic acids is 4. The third-order valence-corrected chi connectivity index (χ3v) is 12.8. The standard InChI is InChI=1S/C42H49N7O10/c1-58-39(24-31(43)50)22-26-12-16-28(17-13-26)41(39,35(52)45-37(54)55)47-20-6-10-33(47)49(30-8-4-3-5-9-30)34-11-7-21-48(34)42(36(53)46-38(56)57)29-18-14-27(15-19-29)23-40(42,59-2)25-32(44)51/h3-5,8-9,12-19,33-34H,6-7,10-11,20-25H2,1-2H3,(H2,43,50)(H2,44,51)(H,45,52)(H,46,53)(H,54,55)(H,56,57)/t33?,34?,39-,40-,41-,42-/m1/s1. The number of primary amides is 2. The Hall–Kier alpha value is -5.88. The lowest BCUT2D eigenvalue weighted by atomic mass is 9.69. The molecule has 0 radical (unpaired) electrons. The van der Waals surface area contributed by atoms with Crippen LogP contribution in [0.3, 0.4) is 0 Å². The molecule has 2 heterocycles. The van der Waals surface area contributed by atoms with Crippen LogP contribution in [0.15, 0.2) is 78.9 Å². The summed E-state index contributed by atoms with van der Waals surface area (Å²) in [6.07, 6.45) is -3.75. The van der Waals surface area contributed by atoms with Crippen molar-refractivity contribution in [3.63, 3.8) is 0 Å². The minimum absolute atomic E-state index is 0.0257. The molecule has 2 unspecified atom stereocenters. The number of hydrogen-bond acceptors (Lipinski definition) is 11. The van der Waals surface area contributed by atoms with Crippen molar-refractivity contribution in [3.05, 3.63) is 101 Å². The van der Waals surface area contributed by atoms with Gasteiger partial charge < -0.3 is 36.1 Å². The van der Waals surface area contributed by atoms with Crippen LogP contribution in [-0.4, -0.2) is 107 Å². The molecule has 6 amide bonds. The van der Waals surface area contributed by atoms with Crippen molar-refractivity contribution in [2.45, 2.75) is 86.0 Å². The highest BCUT2D eigenvalue weighted by Gasteiger charge is 2.69. The second kappa shape index (κ2) is 15.7. The molecule has 17 nitrogen and oxygen atoms in total. The van der Waals surface area contributed by atoms with Gasteiger partial charge in [0.1, 0.15) is 11.2 Å². The molecule has 3 aromatic carbocycles. The Morgan fingerprint density at radius 1 is 0.661 bits per heavy atom. The van der Waals surface area contributed by atoms with Crippen molar-refractivity contribution in [3.8, 4) is 0 Å². The smallest absolute Gasteiger partial charge is 0.411 e. The molecule has 0 saturated carbocycles. The van der Waals surface area contributed by atoms with E-state index in [2.05, 4.69) is 15.5 Å². The Kier molecular flexibility index (Phi) is 11.0. The third-order valence-electron chi connectivity index (χ3n) is 12.8. The fourth-order valence-corrected chi connectivity index (χ4v) is 10.9. The molecule has 4 bridgehead atoms. The quantitative estimate of drug-likeness (QED) is 0.145.